The second-order valence-corrected chi connectivity index (χ2v) is 12.1. The maximum Gasteiger partial charge on any atom is 0.260 e. The maximum absolute atomic E-state index is 13.2. The van der Waals surface area contributed by atoms with Crippen molar-refractivity contribution in [1.29, 1.82) is 0 Å². The predicted octanol–water partition coefficient (Wildman–Crippen LogP) is 6.51. The number of rotatable bonds is 6. The molecule has 0 fully saturated rings. The largest absolute Gasteiger partial charge is 0.490 e. The van der Waals surface area contributed by atoms with Crippen LogP contribution in [-0.4, -0.2) is 23.4 Å². The Bertz CT molecular complexity index is 1570. The Labute approximate surface area is 225 Å². The lowest BCUT2D eigenvalue weighted by Crippen LogP contribution is -2.26. The fourth-order valence-electron chi connectivity index (χ4n) is 5.29. The average molecular weight is 533 g/mol. The SMILES string of the molecule is CCOc1cc(-c2nc3sc4c(c3c(=O)[nH]2)CCC(C(C)(C)C)C4)ccc1OCc1ccc2c(c1)OCO2. The summed E-state index contributed by atoms with van der Waals surface area (Å²) in [5.41, 5.74) is 3.11. The predicted molar refractivity (Wildman–Crippen MR) is 149 cm³/mol. The maximum atomic E-state index is 13.2. The van der Waals surface area contributed by atoms with Crippen LogP contribution in [0.2, 0.25) is 0 Å². The standard InChI is InChI=1S/C30H32N2O5S/c1-5-34-24-13-18(7-11-21(24)35-15-17-6-10-22-23(12-17)37-16-36-22)27-31-28(33)26-20-9-8-19(30(2,3)4)14-25(20)38-29(26)32-27/h6-7,10-13,19H,5,8-9,14-16H2,1-4H3,(H,31,32,33). The highest BCUT2D eigenvalue weighted by molar-refractivity contribution is 7.18. The van der Waals surface area contributed by atoms with E-state index in [2.05, 4.69) is 25.8 Å². The number of H-pyrrole nitrogens is 1. The molecule has 198 valence electrons. The molecule has 2 aromatic carbocycles. The van der Waals surface area contributed by atoms with Gasteiger partial charge in [0.2, 0.25) is 6.79 Å². The van der Waals surface area contributed by atoms with Crippen LogP contribution in [0.5, 0.6) is 23.0 Å². The lowest BCUT2D eigenvalue weighted by atomic mass is 9.72. The minimum absolute atomic E-state index is 0.0715. The van der Waals surface area contributed by atoms with Crippen LogP contribution in [-0.2, 0) is 19.4 Å². The molecule has 0 amide bonds. The molecule has 4 aromatic rings. The molecule has 3 heterocycles. The molecule has 0 spiro atoms. The van der Waals surface area contributed by atoms with E-state index in [1.807, 2.05) is 43.3 Å². The third-order valence-electron chi connectivity index (χ3n) is 7.49. The number of ether oxygens (including phenoxy) is 4. The van der Waals surface area contributed by atoms with Crippen molar-refractivity contribution < 1.29 is 18.9 Å². The van der Waals surface area contributed by atoms with Crippen LogP contribution in [0.25, 0.3) is 21.6 Å². The highest BCUT2D eigenvalue weighted by atomic mass is 32.1. The van der Waals surface area contributed by atoms with Gasteiger partial charge in [-0.2, -0.15) is 0 Å². The lowest BCUT2D eigenvalue weighted by molar-refractivity contribution is 0.174. The second kappa shape index (κ2) is 9.66. The number of hydrogen-bond donors (Lipinski definition) is 1. The molecule has 1 aliphatic carbocycles. The van der Waals surface area contributed by atoms with Crippen molar-refractivity contribution in [3.05, 3.63) is 62.8 Å². The normalized spacial score (nSPS) is 16.5. The van der Waals surface area contributed by atoms with Crippen LogP contribution in [0.1, 0.15) is 50.1 Å². The molecule has 6 rings (SSSR count). The molecule has 1 aliphatic heterocycles. The van der Waals surface area contributed by atoms with Crippen LogP contribution in [0.4, 0.5) is 0 Å². The number of thiophene rings is 1. The Morgan fingerprint density at radius 3 is 2.74 bits per heavy atom. The summed E-state index contributed by atoms with van der Waals surface area (Å²) in [6.45, 7) is 9.92. The molecule has 8 heteroatoms. The van der Waals surface area contributed by atoms with Crippen LogP contribution in [0.3, 0.4) is 0 Å². The first-order valence-electron chi connectivity index (χ1n) is 13.1. The molecular weight excluding hydrogens is 500 g/mol. The highest BCUT2D eigenvalue weighted by Crippen LogP contribution is 2.42. The molecule has 0 saturated carbocycles. The van der Waals surface area contributed by atoms with Crippen LogP contribution < -0.4 is 24.5 Å². The van der Waals surface area contributed by atoms with E-state index in [0.29, 0.717) is 36.5 Å². The number of hydrogen-bond acceptors (Lipinski definition) is 7. The number of aromatic amines is 1. The van der Waals surface area contributed by atoms with E-state index < -0.39 is 0 Å². The second-order valence-electron chi connectivity index (χ2n) is 11.0. The summed E-state index contributed by atoms with van der Waals surface area (Å²) in [5, 5.41) is 0.759. The third-order valence-corrected chi connectivity index (χ3v) is 8.64. The molecule has 7 nitrogen and oxygen atoms in total. The Kier molecular flexibility index (Phi) is 6.30. The van der Waals surface area contributed by atoms with Crippen molar-refractivity contribution >= 4 is 21.6 Å². The minimum Gasteiger partial charge on any atom is -0.490 e. The van der Waals surface area contributed by atoms with Crippen molar-refractivity contribution in [3.63, 3.8) is 0 Å². The molecule has 0 radical (unpaired) electrons. The van der Waals surface area contributed by atoms with E-state index in [1.54, 1.807) is 11.3 Å². The van der Waals surface area contributed by atoms with Gasteiger partial charge in [-0.05, 0) is 79.0 Å². The van der Waals surface area contributed by atoms with E-state index in [0.717, 1.165) is 52.1 Å². The molecule has 2 aliphatic rings. The number of nitrogens with zero attached hydrogens (tertiary/aromatic N) is 1. The summed E-state index contributed by atoms with van der Waals surface area (Å²) < 4.78 is 22.9. The number of fused-ring (bicyclic) bond motifs is 4. The van der Waals surface area contributed by atoms with Gasteiger partial charge in [-0.1, -0.05) is 26.8 Å². The summed E-state index contributed by atoms with van der Waals surface area (Å²) >= 11 is 1.67. The summed E-state index contributed by atoms with van der Waals surface area (Å²) in [6, 6.07) is 11.4. The van der Waals surface area contributed by atoms with Crippen molar-refractivity contribution in [2.75, 3.05) is 13.4 Å². The first-order chi connectivity index (χ1) is 18.3. The van der Waals surface area contributed by atoms with Gasteiger partial charge in [0.25, 0.3) is 5.56 Å². The van der Waals surface area contributed by atoms with E-state index in [9.17, 15) is 4.79 Å². The quantitative estimate of drug-likeness (QED) is 0.305. The van der Waals surface area contributed by atoms with Gasteiger partial charge >= 0.3 is 0 Å². The van der Waals surface area contributed by atoms with E-state index in [4.69, 9.17) is 23.9 Å². The first kappa shape index (κ1) is 24.8. The number of aromatic nitrogens is 2. The smallest absolute Gasteiger partial charge is 0.260 e. The Balaban J connectivity index is 1.28. The van der Waals surface area contributed by atoms with Crippen LogP contribution in [0.15, 0.2) is 41.2 Å². The van der Waals surface area contributed by atoms with Crippen molar-refractivity contribution in [1.82, 2.24) is 9.97 Å². The van der Waals surface area contributed by atoms with E-state index >= 15 is 0 Å². The highest BCUT2D eigenvalue weighted by Gasteiger charge is 2.31. The van der Waals surface area contributed by atoms with Crippen molar-refractivity contribution in [2.45, 2.75) is 53.6 Å². The van der Waals surface area contributed by atoms with Gasteiger partial charge in [-0.3, -0.25) is 4.79 Å². The van der Waals surface area contributed by atoms with E-state index in [1.165, 1.54) is 10.4 Å². The summed E-state index contributed by atoms with van der Waals surface area (Å²) in [5.74, 6) is 3.84. The van der Waals surface area contributed by atoms with Crippen molar-refractivity contribution in [3.8, 4) is 34.4 Å². The molecule has 38 heavy (non-hydrogen) atoms. The average Bonchev–Trinajstić information content (AvgIpc) is 3.51. The zero-order chi connectivity index (χ0) is 26.4. The Morgan fingerprint density at radius 2 is 1.92 bits per heavy atom. The summed E-state index contributed by atoms with van der Waals surface area (Å²) in [7, 11) is 0. The van der Waals surface area contributed by atoms with Crippen LogP contribution in [0, 0.1) is 11.3 Å². The minimum atomic E-state index is -0.0715. The molecular formula is C30H32N2O5S. The van der Waals surface area contributed by atoms with Gasteiger partial charge in [0, 0.05) is 10.4 Å². The van der Waals surface area contributed by atoms with Gasteiger partial charge in [0.1, 0.15) is 17.3 Å². The Morgan fingerprint density at radius 1 is 1.08 bits per heavy atom. The molecule has 2 aromatic heterocycles. The Hall–Kier alpha value is -3.52. The van der Waals surface area contributed by atoms with Gasteiger partial charge in [-0.25, -0.2) is 4.98 Å². The molecule has 1 unspecified atom stereocenters. The molecule has 1 N–H and O–H groups in total. The van der Waals surface area contributed by atoms with Gasteiger partial charge < -0.3 is 23.9 Å². The van der Waals surface area contributed by atoms with Gasteiger partial charge in [0.05, 0.1) is 12.0 Å². The van der Waals surface area contributed by atoms with E-state index in [-0.39, 0.29) is 17.8 Å². The monoisotopic (exact) mass is 532 g/mol. The third kappa shape index (κ3) is 4.62. The zero-order valence-corrected chi connectivity index (χ0v) is 23.0. The molecule has 0 bridgehead atoms. The topological polar surface area (TPSA) is 82.7 Å². The summed E-state index contributed by atoms with van der Waals surface area (Å²) in [4.78, 5) is 23.3. The molecule has 1 atom stereocenters. The fourth-order valence-corrected chi connectivity index (χ4v) is 6.59. The summed E-state index contributed by atoms with van der Waals surface area (Å²) in [6.07, 6.45) is 3.05. The number of benzene rings is 2. The van der Waals surface area contributed by atoms with Crippen molar-refractivity contribution in [2.24, 2.45) is 11.3 Å². The van der Waals surface area contributed by atoms with Crippen LogP contribution >= 0.6 is 11.3 Å². The lowest BCUT2D eigenvalue weighted by Gasteiger charge is -2.33. The fraction of sp³-hybridized carbons (Fsp3) is 0.400. The molecule has 0 saturated heterocycles. The number of aryl methyl sites for hydroxylation is 1. The van der Waals surface area contributed by atoms with Gasteiger partial charge in [0.15, 0.2) is 23.0 Å². The van der Waals surface area contributed by atoms with Gasteiger partial charge in [-0.15, -0.1) is 11.3 Å². The number of nitrogens with one attached hydrogen (secondary N) is 1. The first-order valence-corrected chi connectivity index (χ1v) is 13.9. The zero-order valence-electron chi connectivity index (χ0n) is 22.2.